The van der Waals surface area contributed by atoms with Gasteiger partial charge in [-0.05, 0) is 44.7 Å². The molecule has 18 heavy (non-hydrogen) atoms. The summed E-state index contributed by atoms with van der Waals surface area (Å²) < 4.78 is 5.41. The number of aryl methyl sites for hydroxylation is 1. The van der Waals surface area contributed by atoms with Gasteiger partial charge in [0.05, 0.1) is 6.04 Å². The Morgan fingerprint density at radius 2 is 2.00 bits per heavy atom. The molecular formula is C15H21NO2. The zero-order chi connectivity index (χ0) is 13.3. The Hall–Kier alpha value is -1.51. The molecule has 0 N–H and O–H groups in total. The van der Waals surface area contributed by atoms with Crippen LogP contribution >= 0.6 is 0 Å². The molecule has 0 fully saturated rings. The molecule has 3 nitrogen and oxygen atoms in total. The summed E-state index contributed by atoms with van der Waals surface area (Å²) in [6.07, 6.45) is 1.77. The summed E-state index contributed by atoms with van der Waals surface area (Å²) in [7, 11) is 1.82. The molecule has 1 aromatic carbocycles. The molecule has 1 aliphatic rings. The van der Waals surface area contributed by atoms with Crippen LogP contribution in [-0.2, 0) is 11.2 Å². The van der Waals surface area contributed by atoms with Crippen LogP contribution in [0.4, 0.5) is 4.79 Å². The minimum absolute atomic E-state index is 0.149. The fourth-order valence-corrected chi connectivity index (χ4v) is 2.40. The van der Waals surface area contributed by atoms with Gasteiger partial charge >= 0.3 is 6.09 Å². The number of hydrogen-bond donors (Lipinski definition) is 0. The number of fused-ring (bicyclic) bond motifs is 1. The van der Waals surface area contributed by atoms with Gasteiger partial charge in [0.25, 0.3) is 0 Å². The average Bonchev–Trinajstić information content (AvgIpc) is 2.69. The van der Waals surface area contributed by atoms with Crippen LogP contribution in [0.1, 0.15) is 44.4 Å². The van der Waals surface area contributed by atoms with Gasteiger partial charge < -0.3 is 9.64 Å². The predicted molar refractivity (Wildman–Crippen MR) is 71.5 cm³/mol. The highest BCUT2D eigenvalue weighted by Gasteiger charge is 2.30. The van der Waals surface area contributed by atoms with Crippen molar-refractivity contribution in [3.8, 4) is 0 Å². The second-order valence-corrected chi connectivity index (χ2v) is 5.84. The largest absolute Gasteiger partial charge is 0.444 e. The van der Waals surface area contributed by atoms with Crippen molar-refractivity contribution in [1.29, 1.82) is 0 Å². The molecule has 0 radical (unpaired) electrons. The zero-order valence-corrected chi connectivity index (χ0v) is 11.6. The highest BCUT2D eigenvalue weighted by atomic mass is 16.6. The standard InChI is InChI=1S/C15H21NO2/c1-15(2,3)18-14(17)16(4)13-10-9-11-7-5-6-8-12(11)13/h5-8,13H,9-10H2,1-4H3/t13-/m0/s1. The maximum atomic E-state index is 12.1. The first kappa shape index (κ1) is 12.9. The summed E-state index contributed by atoms with van der Waals surface area (Å²) in [5.41, 5.74) is 2.16. The third-order valence-electron chi connectivity index (χ3n) is 3.25. The lowest BCUT2D eigenvalue weighted by Crippen LogP contribution is -2.36. The van der Waals surface area contributed by atoms with Crippen LogP contribution in [0, 0.1) is 0 Å². The summed E-state index contributed by atoms with van der Waals surface area (Å²) in [4.78, 5) is 13.8. The van der Waals surface area contributed by atoms with E-state index in [2.05, 4.69) is 18.2 Å². The average molecular weight is 247 g/mol. The van der Waals surface area contributed by atoms with Crippen molar-refractivity contribution < 1.29 is 9.53 Å². The summed E-state index contributed by atoms with van der Waals surface area (Å²) >= 11 is 0. The van der Waals surface area contributed by atoms with Crippen LogP contribution in [-0.4, -0.2) is 23.6 Å². The molecule has 0 unspecified atom stereocenters. The molecule has 0 saturated heterocycles. The Kier molecular flexibility index (Phi) is 3.33. The molecule has 1 aromatic rings. The Bertz CT molecular complexity index is 448. The topological polar surface area (TPSA) is 29.5 Å². The van der Waals surface area contributed by atoms with E-state index in [0.29, 0.717) is 0 Å². The summed E-state index contributed by atoms with van der Waals surface area (Å²) in [5.74, 6) is 0. The second-order valence-electron chi connectivity index (χ2n) is 5.84. The van der Waals surface area contributed by atoms with Crippen LogP contribution in [0.15, 0.2) is 24.3 Å². The first-order valence-corrected chi connectivity index (χ1v) is 6.42. The number of benzene rings is 1. The van der Waals surface area contributed by atoms with Crippen molar-refractivity contribution in [3.63, 3.8) is 0 Å². The lowest BCUT2D eigenvalue weighted by Gasteiger charge is -2.29. The first-order chi connectivity index (χ1) is 8.38. The van der Waals surface area contributed by atoms with Crippen molar-refractivity contribution in [3.05, 3.63) is 35.4 Å². The SMILES string of the molecule is CN(C(=O)OC(C)(C)C)[C@H]1CCc2ccccc21. The van der Waals surface area contributed by atoms with Crippen LogP contribution in [0.3, 0.4) is 0 Å². The lowest BCUT2D eigenvalue weighted by molar-refractivity contribution is 0.0220. The fraction of sp³-hybridized carbons (Fsp3) is 0.533. The Morgan fingerprint density at radius 1 is 1.33 bits per heavy atom. The molecule has 1 aliphatic carbocycles. The molecule has 1 atom stereocenters. The van der Waals surface area contributed by atoms with E-state index in [-0.39, 0.29) is 12.1 Å². The van der Waals surface area contributed by atoms with Crippen molar-refractivity contribution in [1.82, 2.24) is 4.90 Å². The number of amides is 1. The summed E-state index contributed by atoms with van der Waals surface area (Å²) in [6.45, 7) is 5.67. The van der Waals surface area contributed by atoms with Crippen LogP contribution < -0.4 is 0 Å². The van der Waals surface area contributed by atoms with Crippen LogP contribution in [0.25, 0.3) is 0 Å². The molecular weight excluding hydrogens is 226 g/mol. The van der Waals surface area contributed by atoms with Gasteiger partial charge in [-0.1, -0.05) is 24.3 Å². The predicted octanol–water partition coefficient (Wildman–Crippen LogP) is 3.54. The maximum absolute atomic E-state index is 12.1. The van der Waals surface area contributed by atoms with Crippen LogP contribution in [0.5, 0.6) is 0 Å². The van der Waals surface area contributed by atoms with Gasteiger partial charge in [-0.3, -0.25) is 0 Å². The van der Waals surface area contributed by atoms with Gasteiger partial charge in [0.1, 0.15) is 5.60 Å². The van der Waals surface area contributed by atoms with Gasteiger partial charge in [-0.15, -0.1) is 0 Å². The van der Waals surface area contributed by atoms with E-state index in [0.717, 1.165) is 12.8 Å². The van der Waals surface area contributed by atoms with Gasteiger partial charge in [0.15, 0.2) is 0 Å². The third-order valence-corrected chi connectivity index (χ3v) is 3.25. The van der Waals surface area contributed by atoms with E-state index in [9.17, 15) is 4.79 Å². The van der Waals surface area contributed by atoms with Crippen molar-refractivity contribution in [2.45, 2.75) is 45.3 Å². The molecule has 3 heteroatoms. The van der Waals surface area contributed by atoms with Crippen molar-refractivity contribution in [2.24, 2.45) is 0 Å². The summed E-state index contributed by atoms with van der Waals surface area (Å²) in [6, 6.07) is 8.47. The molecule has 2 rings (SSSR count). The van der Waals surface area contributed by atoms with E-state index in [1.807, 2.05) is 33.9 Å². The Morgan fingerprint density at radius 3 is 2.67 bits per heavy atom. The van der Waals surface area contributed by atoms with Gasteiger partial charge in [-0.2, -0.15) is 0 Å². The van der Waals surface area contributed by atoms with E-state index < -0.39 is 5.60 Å². The summed E-state index contributed by atoms with van der Waals surface area (Å²) in [5, 5.41) is 0. The lowest BCUT2D eigenvalue weighted by atomic mass is 10.1. The number of carbonyl (C=O) groups excluding carboxylic acids is 1. The van der Waals surface area contributed by atoms with Gasteiger partial charge in [0.2, 0.25) is 0 Å². The molecule has 0 spiro atoms. The van der Waals surface area contributed by atoms with E-state index >= 15 is 0 Å². The van der Waals surface area contributed by atoms with Gasteiger partial charge in [-0.25, -0.2) is 4.79 Å². The number of hydrogen-bond acceptors (Lipinski definition) is 2. The number of carbonyl (C=O) groups is 1. The van der Waals surface area contributed by atoms with E-state index in [4.69, 9.17) is 4.74 Å². The smallest absolute Gasteiger partial charge is 0.410 e. The first-order valence-electron chi connectivity index (χ1n) is 6.42. The molecule has 98 valence electrons. The fourth-order valence-electron chi connectivity index (χ4n) is 2.40. The van der Waals surface area contributed by atoms with E-state index in [1.54, 1.807) is 4.90 Å². The zero-order valence-electron chi connectivity index (χ0n) is 11.6. The van der Waals surface area contributed by atoms with Crippen molar-refractivity contribution in [2.75, 3.05) is 7.05 Å². The molecule has 0 bridgehead atoms. The normalized spacial score (nSPS) is 18.3. The number of nitrogens with zero attached hydrogens (tertiary/aromatic N) is 1. The molecule has 0 aromatic heterocycles. The molecule has 0 aliphatic heterocycles. The number of rotatable bonds is 1. The molecule has 0 heterocycles. The molecule has 1 amide bonds. The monoisotopic (exact) mass is 247 g/mol. The Labute approximate surface area is 109 Å². The van der Waals surface area contributed by atoms with Gasteiger partial charge in [0, 0.05) is 7.05 Å². The van der Waals surface area contributed by atoms with Crippen LogP contribution in [0.2, 0.25) is 0 Å². The third kappa shape index (κ3) is 2.66. The highest BCUT2D eigenvalue weighted by molar-refractivity contribution is 5.68. The second kappa shape index (κ2) is 4.63. The Balaban J connectivity index is 2.12. The highest BCUT2D eigenvalue weighted by Crippen LogP contribution is 2.35. The van der Waals surface area contributed by atoms with E-state index in [1.165, 1.54) is 11.1 Å². The minimum atomic E-state index is -0.441. The quantitative estimate of drug-likeness (QED) is 0.759. The maximum Gasteiger partial charge on any atom is 0.410 e. The van der Waals surface area contributed by atoms with Crippen molar-refractivity contribution >= 4 is 6.09 Å². The minimum Gasteiger partial charge on any atom is -0.444 e. The molecule has 0 saturated carbocycles. The number of ether oxygens (including phenoxy) is 1.